The molecule has 32 heteroatoms. The molecule has 3 aliphatic rings. The van der Waals surface area contributed by atoms with Crippen LogP contribution in [0.15, 0.2) is 145 Å². The van der Waals surface area contributed by atoms with Crippen LogP contribution in [0.5, 0.6) is 0 Å². The third-order valence-corrected chi connectivity index (χ3v) is 23.6. The Morgan fingerprint density at radius 1 is 0.672 bits per heavy atom. The Kier molecular flexibility index (Phi) is 58.4. The molecule has 11 N–H and O–H groups in total. The molecule has 3 aliphatic carbocycles. The van der Waals surface area contributed by atoms with Crippen molar-refractivity contribution >= 4 is 97.0 Å². The molecule has 676 valence electrons. The molecular formula is C90H142BrF2MgN11O12S2Si2Ti. The van der Waals surface area contributed by atoms with Gasteiger partial charge in [-0.25, -0.2) is 36.2 Å². The number of pyridine rings is 3. The van der Waals surface area contributed by atoms with Crippen molar-refractivity contribution in [2.24, 2.45) is 27.6 Å². The number of hydrogen-bond acceptors (Lipinski definition) is 17. The number of rotatable bonds is 22. The molecule has 1 amide bonds. The number of aromatic nitrogens is 5. The molecule has 23 nitrogen and oxygen atoms in total. The van der Waals surface area contributed by atoms with Crippen LogP contribution in [0.3, 0.4) is 0 Å². The summed E-state index contributed by atoms with van der Waals surface area (Å²) < 4.78 is 78.8. The van der Waals surface area contributed by atoms with Crippen molar-refractivity contribution in [2.75, 3.05) is 17.3 Å². The van der Waals surface area contributed by atoms with Gasteiger partial charge in [0.1, 0.15) is 19.7 Å². The average molecular weight is 1880 g/mol. The number of nitrogens with one attached hydrogen (secondary N) is 2. The SMILES string of the molecule is CC(C)(C)[S@@](N)=O.CC(C)(C)[S@](=O)NC(CCC1CC1)(c1ccncc1)c1ccc(F)c(N)c1.CC(C)(C)[Si](=O)N=C(CCC1CC1)c1ccncc1.CC(C)O.CC(C)O.CC(C)O.CC(C)O.CN(c1c[c-]ccc1F)[Si](C)(C)C.Cc1cc(C(=O)O)n(-c2cccc(CNC(=O)OC(C)(C)C)c2)n1.O=C(CCC1CC1)c1ccncc1.[Br-].[Mg+2].[Ti]. The van der Waals surface area contributed by atoms with Crippen molar-refractivity contribution in [3.05, 3.63) is 197 Å². The minimum atomic E-state index is -1.96. The largest absolute Gasteiger partial charge is 2.00 e. The van der Waals surface area contributed by atoms with Gasteiger partial charge in [-0.3, -0.25) is 29.5 Å². The maximum atomic E-state index is 13.8. The van der Waals surface area contributed by atoms with Crippen molar-refractivity contribution in [1.82, 2.24) is 34.8 Å². The number of nitrogen functional groups attached to an aromatic ring is 1. The predicted octanol–water partition coefficient (Wildman–Crippen LogP) is 14.9. The van der Waals surface area contributed by atoms with E-state index in [0.717, 1.165) is 71.0 Å². The quantitative estimate of drug-likeness (QED) is 0.0100. The van der Waals surface area contributed by atoms with E-state index in [-0.39, 0.29) is 125 Å². The smallest absolute Gasteiger partial charge is 1.00 e. The van der Waals surface area contributed by atoms with E-state index in [2.05, 4.69) is 60.5 Å². The first-order valence-electron chi connectivity index (χ1n) is 40.8. The van der Waals surface area contributed by atoms with Crippen LogP contribution < -0.4 is 42.5 Å². The predicted molar refractivity (Wildman–Crippen MR) is 491 cm³/mol. The Bertz CT molecular complexity index is 4190. The van der Waals surface area contributed by atoms with Gasteiger partial charge in [-0.1, -0.05) is 97.1 Å². The second-order valence-corrected chi connectivity index (χ2v) is 46.8. The number of amides is 1. The molecule has 122 heavy (non-hydrogen) atoms. The van der Waals surface area contributed by atoms with Crippen LogP contribution in [0.25, 0.3) is 5.69 Å². The Hall–Kier alpha value is -5.89. The maximum absolute atomic E-state index is 13.8. The van der Waals surface area contributed by atoms with E-state index in [4.69, 9.17) is 36.0 Å². The van der Waals surface area contributed by atoms with Gasteiger partial charge in [-0.05, 0) is 276 Å². The summed E-state index contributed by atoms with van der Waals surface area (Å²) in [6.07, 6.45) is 22.6. The molecule has 3 saturated carbocycles. The van der Waals surface area contributed by atoms with Gasteiger partial charge in [-0.2, -0.15) is 23.3 Å². The molecule has 0 aliphatic heterocycles. The van der Waals surface area contributed by atoms with Crippen LogP contribution in [0.1, 0.15) is 264 Å². The number of ketones is 1. The second-order valence-electron chi connectivity index (χ2n) is 35.6. The van der Waals surface area contributed by atoms with Crippen LogP contribution in [0.2, 0.25) is 24.7 Å². The number of ether oxygens (including phenoxy) is 1. The summed E-state index contributed by atoms with van der Waals surface area (Å²) in [6.45, 7) is 45.0. The average Bonchev–Trinajstić information content (AvgIpc) is 0.809. The summed E-state index contributed by atoms with van der Waals surface area (Å²) in [5, 5.41) is 53.2. The minimum absolute atomic E-state index is 0. The molecule has 4 aromatic heterocycles. The van der Waals surface area contributed by atoms with Crippen molar-refractivity contribution in [3.63, 3.8) is 0 Å². The van der Waals surface area contributed by atoms with Crippen LogP contribution in [0.4, 0.5) is 25.0 Å². The fourth-order valence-corrected chi connectivity index (χ4v) is 12.3. The van der Waals surface area contributed by atoms with Crippen LogP contribution >= 0.6 is 0 Å². The zero-order chi connectivity index (χ0) is 91.0. The first kappa shape index (κ1) is 120. The van der Waals surface area contributed by atoms with Crippen molar-refractivity contribution in [3.8, 4) is 5.69 Å². The summed E-state index contributed by atoms with van der Waals surface area (Å²) >= 11 is 0. The number of anilines is 2. The molecule has 3 aromatic carbocycles. The van der Waals surface area contributed by atoms with Gasteiger partial charge < -0.3 is 67.3 Å². The summed E-state index contributed by atoms with van der Waals surface area (Å²) in [5.74, 6) is 1.01. The van der Waals surface area contributed by atoms with Crippen molar-refractivity contribution in [1.29, 1.82) is 0 Å². The first-order valence-corrected chi connectivity index (χ1v) is 47.9. The molecule has 0 saturated heterocycles. The number of Topliss-reactive ketones (excluding diaryl/α,β-unsaturated/α-hetero) is 1. The number of carboxylic acids is 1. The number of benzene rings is 3. The van der Waals surface area contributed by atoms with Crippen LogP contribution in [-0.4, -0.2) is 169 Å². The molecule has 1 unspecified atom stereocenters. The van der Waals surface area contributed by atoms with E-state index in [1.807, 2.05) is 104 Å². The van der Waals surface area contributed by atoms with E-state index in [1.54, 1.807) is 175 Å². The fraction of sp³-hybridized carbons (Fsp3) is 0.556. The third kappa shape index (κ3) is 54.2. The van der Waals surface area contributed by atoms with E-state index >= 15 is 0 Å². The van der Waals surface area contributed by atoms with Gasteiger partial charge in [0.2, 0.25) is 0 Å². The number of hydrogen-bond donors (Lipinski definition) is 9. The Morgan fingerprint density at radius 3 is 1.53 bits per heavy atom. The standard InChI is InChI=1S/C21H28FN3OS.C17H21N3O4.C15H22N2OSi.C11H13NO.C10H15FNSi.C4H11NOS.4C3H8O.BrH.Mg.Ti/c1-20(2,3)27(26)25-21(11-8-15-4-5-15,16-9-12-24-13-10-16)17-6-7-18(22)19(23)14-17;1-11-8-14(15(21)22)20(19-11)13-7-5-6-12(9-13)10-18-16(23)24-17(2,3)4;1-15(2,3)19(18)17-14(7-6-12-4-5-12)13-8-10-16-11-9-13;13-11(4-3-9-1-2-9)10-5-7-12-8-6-10;1-12(13(2,3)4)10-8-6-5-7-9(10)11;1-4(2,3)7(5)6;4*1-3(2)4;;;/h6-7,9-10,12-15,25H,4-5,8,11,23H2,1-3H3;5-9H,10H2,1-4H3,(H,18,23)(H,21,22);8-12H,4-7H2,1-3H3;5-9H,1-4H2;5,7-8H,1-4H3;5H2,1-3H3;4*3-4H,1-2H3;1H;;/q;;;;-1;;;;;;;+2;/p-1/t21?,27-;;;;;7-;;;;;;;/m0....0......./s1. The van der Waals surface area contributed by atoms with E-state index < -0.39 is 72.8 Å². The summed E-state index contributed by atoms with van der Waals surface area (Å²) in [4.78, 5) is 46.6. The number of carbonyl (C=O) groups is 3. The molecule has 0 bridgehead atoms. The van der Waals surface area contributed by atoms with Gasteiger partial charge in [0.15, 0.2) is 11.5 Å². The molecule has 3 atom stereocenters. The number of aliphatic hydroxyl groups excluding tert-OH is 4. The zero-order valence-corrected chi connectivity index (χ0v) is 85.2. The number of carbonyl (C=O) groups excluding carboxylic acids is 2. The molecule has 4 heterocycles. The number of aliphatic hydroxyl groups is 4. The van der Waals surface area contributed by atoms with Gasteiger partial charge in [0, 0.05) is 118 Å². The number of nitrogens with two attached hydrogens (primary N) is 2. The number of nitrogens with zero attached hydrogens (tertiary/aromatic N) is 7. The number of halogens is 3. The van der Waals surface area contributed by atoms with Gasteiger partial charge in [-0.15, -0.1) is 6.07 Å². The Balaban J connectivity index is -0.00000138. The van der Waals surface area contributed by atoms with E-state index in [9.17, 15) is 41.2 Å². The number of aryl methyl sites for hydroxylation is 1. The molecule has 0 radical (unpaired) electrons. The van der Waals surface area contributed by atoms with Crippen molar-refractivity contribution < 1.29 is 105 Å². The summed E-state index contributed by atoms with van der Waals surface area (Å²) in [7, 11) is -3.98. The monoisotopic (exact) mass is 1880 g/mol. The number of carboxylic acid groups (broad SMARTS) is 1. The topological polar surface area (TPSA) is 361 Å². The molecule has 7 aromatic rings. The number of aromatic carboxylic acids is 1. The Morgan fingerprint density at radius 2 is 1.12 bits per heavy atom. The Labute approximate surface area is 777 Å². The molecule has 3 fully saturated rings. The van der Waals surface area contributed by atoms with Gasteiger partial charge in [0.25, 0.3) is 0 Å². The summed E-state index contributed by atoms with van der Waals surface area (Å²) in [5.41, 5.74) is 12.1. The van der Waals surface area contributed by atoms with Gasteiger partial charge in [0.05, 0.1) is 54.1 Å². The van der Waals surface area contributed by atoms with Crippen molar-refractivity contribution in [2.45, 2.75) is 299 Å². The van der Waals surface area contributed by atoms with E-state index in [1.165, 1.54) is 67.8 Å². The van der Waals surface area contributed by atoms with Crippen LogP contribution in [0, 0.1) is 42.4 Å². The minimum Gasteiger partial charge on any atom is -1.00 e. The number of alkyl carbamates (subject to hydrolysis) is 1. The molecular weight excluding hydrogens is 1740 g/mol. The van der Waals surface area contributed by atoms with Gasteiger partial charge >= 0.3 is 44.0 Å². The third-order valence-electron chi connectivity index (χ3n) is 16.8. The maximum Gasteiger partial charge on any atom is 2.00 e. The van der Waals surface area contributed by atoms with E-state index in [0.29, 0.717) is 29.4 Å². The first-order chi connectivity index (χ1) is 55.0. The normalized spacial score (nSPS) is 13.8. The fourth-order valence-electron chi connectivity index (χ4n) is 9.64. The van der Waals surface area contributed by atoms with Crippen LogP contribution in [-0.2, 0) is 65.0 Å². The molecule has 0 spiro atoms. The molecule has 10 rings (SSSR count). The summed E-state index contributed by atoms with van der Waals surface area (Å²) in [6, 6.07) is 32.4. The second kappa shape index (κ2) is 59.2. The zero-order valence-electron chi connectivity index (χ0n) is 77.0.